The number of thiophene rings is 3. The molecule has 0 saturated heterocycles. The van der Waals surface area contributed by atoms with Gasteiger partial charge in [0.2, 0.25) is 0 Å². The van der Waals surface area contributed by atoms with Crippen LogP contribution >= 0.6 is 34.0 Å². The average Bonchev–Trinajstić information content (AvgIpc) is 4.14. The lowest BCUT2D eigenvalue weighted by atomic mass is 9.96. The van der Waals surface area contributed by atoms with E-state index in [-0.39, 0.29) is 11.8 Å². The molecule has 0 spiro atoms. The zero-order valence-corrected chi connectivity index (χ0v) is 47.7. The minimum atomic E-state index is -0.142. The van der Waals surface area contributed by atoms with Crippen molar-refractivity contribution in [2.45, 2.75) is 221 Å². The lowest BCUT2D eigenvalue weighted by Crippen LogP contribution is -2.31. The molecule has 3 aromatic carbocycles. The molecule has 0 fully saturated rings. The van der Waals surface area contributed by atoms with Crippen LogP contribution in [0.5, 0.6) is 0 Å². The molecule has 1 aliphatic rings. The van der Waals surface area contributed by atoms with Gasteiger partial charge in [-0.15, -0.1) is 34.0 Å². The molecule has 1 aliphatic heterocycles. The van der Waals surface area contributed by atoms with Gasteiger partial charge < -0.3 is 4.74 Å². The van der Waals surface area contributed by atoms with Crippen LogP contribution in [0.4, 0.5) is 0 Å². The SMILES string of the molecule is CCCCCCCCCCCCc1cc(C)sc1-c1ccc2cc3cc(-c4sc(-c5sc(C)c6c5C(=O)N(CCCOCCCCCCCC)C6=O)cc4CCCCCCCCCCCC)ccc3cc2c1. The van der Waals surface area contributed by atoms with Crippen molar-refractivity contribution in [2.75, 3.05) is 19.8 Å². The zero-order chi connectivity index (χ0) is 50.5. The normalized spacial score (nSPS) is 12.7. The van der Waals surface area contributed by atoms with Crippen molar-refractivity contribution in [3.05, 3.63) is 92.7 Å². The second-order valence-corrected chi connectivity index (χ2v) is 24.8. The molecule has 2 amide bonds. The molecule has 0 aliphatic carbocycles. The van der Waals surface area contributed by atoms with Crippen LogP contribution in [0.15, 0.2) is 60.7 Å². The molecule has 0 unspecified atom stereocenters. The summed E-state index contributed by atoms with van der Waals surface area (Å²) in [7, 11) is 0. The van der Waals surface area contributed by atoms with Gasteiger partial charge in [0.25, 0.3) is 11.8 Å². The van der Waals surface area contributed by atoms with Crippen molar-refractivity contribution in [1.29, 1.82) is 0 Å². The van der Waals surface area contributed by atoms with Crippen LogP contribution in [0, 0.1) is 13.8 Å². The first kappa shape index (κ1) is 56.1. The summed E-state index contributed by atoms with van der Waals surface area (Å²) in [4.78, 5) is 36.7. The maximum Gasteiger partial charge on any atom is 0.263 e. The van der Waals surface area contributed by atoms with E-state index in [2.05, 4.69) is 88.4 Å². The lowest BCUT2D eigenvalue weighted by molar-refractivity contribution is 0.0625. The third kappa shape index (κ3) is 15.7. The third-order valence-electron chi connectivity index (χ3n) is 15.2. The van der Waals surface area contributed by atoms with E-state index < -0.39 is 0 Å². The second-order valence-electron chi connectivity index (χ2n) is 21.2. The molecule has 6 aromatic rings. The second kappa shape index (κ2) is 30.1. The van der Waals surface area contributed by atoms with Gasteiger partial charge in [-0.1, -0.05) is 193 Å². The van der Waals surface area contributed by atoms with Crippen LogP contribution in [0.3, 0.4) is 0 Å². The molecule has 0 saturated carbocycles. The summed E-state index contributed by atoms with van der Waals surface area (Å²) in [5, 5.41) is 5.07. The monoisotopic (exact) mass is 1030 g/mol. The molecule has 0 bridgehead atoms. The Hall–Kier alpha value is -3.62. The van der Waals surface area contributed by atoms with Gasteiger partial charge in [0.1, 0.15) is 0 Å². The molecule has 4 heterocycles. The van der Waals surface area contributed by atoms with Crippen molar-refractivity contribution in [3.8, 4) is 30.6 Å². The topological polar surface area (TPSA) is 46.6 Å². The van der Waals surface area contributed by atoms with Gasteiger partial charge >= 0.3 is 0 Å². The van der Waals surface area contributed by atoms with Crippen molar-refractivity contribution in [2.24, 2.45) is 0 Å². The van der Waals surface area contributed by atoms with E-state index in [1.165, 1.54) is 217 Å². The predicted octanol–water partition coefficient (Wildman–Crippen LogP) is 21.1. The first-order valence-electron chi connectivity index (χ1n) is 29.1. The zero-order valence-electron chi connectivity index (χ0n) is 45.3. The number of carbonyl (C=O) groups excluding carboxylic acids is 2. The predicted molar refractivity (Wildman–Crippen MR) is 316 cm³/mol. The van der Waals surface area contributed by atoms with E-state index in [1.54, 1.807) is 22.7 Å². The number of rotatable bonds is 36. The summed E-state index contributed by atoms with van der Waals surface area (Å²) >= 11 is 5.37. The third-order valence-corrected chi connectivity index (χ3v) is 18.9. The summed E-state index contributed by atoms with van der Waals surface area (Å²) in [6.07, 6.45) is 37.0. The molecular formula is C65H89NO3S3. The molecule has 7 heteroatoms. The van der Waals surface area contributed by atoms with E-state index in [9.17, 15) is 9.59 Å². The summed E-state index contributed by atoms with van der Waals surface area (Å²) in [6, 6.07) is 23.7. The molecule has 7 rings (SSSR count). The highest BCUT2D eigenvalue weighted by Gasteiger charge is 2.41. The number of hydrogen-bond acceptors (Lipinski definition) is 6. The summed E-state index contributed by atoms with van der Waals surface area (Å²) in [6.45, 7) is 12.8. The van der Waals surface area contributed by atoms with Gasteiger partial charge in [-0.3, -0.25) is 14.5 Å². The maximum absolute atomic E-state index is 14.2. The van der Waals surface area contributed by atoms with Crippen LogP contribution in [-0.4, -0.2) is 36.5 Å². The van der Waals surface area contributed by atoms with Gasteiger partial charge in [-0.2, -0.15) is 0 Å². The number of benzene rings is 3. The quantitative estimate of drug-likeness (QED) is 0.0224. The van der Waals surface area contributed by atoms with Crippen LogP contribution in [0.25, 0.3) is 52.2 Å². The van der Waals surface area contributed by atoms with Crippen molar-refractivity contribution in [1.82, 2.24) is 4.90 Å². The highest BCUT2D eigenvalue weighted by Crippen LogP contribution is 2.47. The van der Waals surface area contributed by atoms with Crippen LogP contribution in [-0.2, 0) is 17.6 Å². The largest absolute Gasteiger partial charge is 0.381 e. The first-order valence-corrected chi connectivity index (χ1v) is 31.5. The maximum atomic E-state index is 14.2. The first-order chi connectivity index (χ1) is 35.3. The molecule has 0 atom stereocenters. The Morgan fingerprint density at radius 2 is 0.861 bits per heavy atom. The Kier molecular flexibility index (Phi) is 23.4. The fourth-order valence-corrected chi connectivity index (χ4v) is 14.5. The molecule has 3 aromatic heterocycles. The van der Waals surface area contributed by atoms with Gasteiger partial charge in [0, 0.05) is 44.1 Å². The van der Waals surface area contributed by atoms with Crippen molar-refractivity contribution < 1.29 is 14.3 Å². The molecule has 0 radical (unpaired) electrons. The summed E-state index contributed by atoms with van der Waals surface area (Å²) in [5.74, 6) is -0.283. The van der Waals surface area contributed by atoms with Crippen LogP contribution in [0.1, 0.15) is 236 Å². The summed E-state index contributed by atoms with van der Waals surface area (Å²) in [5.41, 5.74) is 6.67. The lowest BCUT2D eigenvalue weighted by Gasteiger charge is -2.14. The Labute approximate surface area is 447 Å². The molecule has 0 N–H and O–H groups in total. The Morgan fingerprint density at radius 1 is 0.417 bits per heavy atom. The fourth-order valence-electron chi connectivity index (χ4n) is 11.0. The van der Waals surface area contributed by atoms with E-state index >= 15 is 0 Å². The molecule has 72 heavy (non-hydrogen) atoms. The number of aryl methyl sites for hydroxylation is 4. The van der Waals surface area contributed by atoms with Gasteiger partial charge in [-0.05, 0) is 133 Å². The van der Waals surface area contributed by atoms with Crippen LogP contribution in [0.2, 0.25) is 0 Å². The van der Waals surface area contributed by atoms with Crippen LogP contribution < -0.4 is 0 Å². The number of nitrogens with zero attached hydrogens (tertiary/aromatic N) is 1. The number of imide groups is 1. The molecular weight excluding hydrogens is 939 g/mol. The van der Waals surface area contributed by atoms with Gasteiger partial charge in [-0.25, -0.2) is 0 Å². The minimum absolute atomic E-state index is 0.141. The Balaban J connectivity index is 1.05. The Morgan fingerprint density at radius 3 is 1.39 bits per heavy atom. The number of carbonyl (C=O) groups is 2. The summed E-state index contributed by atoms with van der Waals surface area (Å²) < 4.78 is 5.94. The highest BCUT2D eigenvalue weighted by atomic mass is 32.1. The fraction of sp³-hybridized carbons (Fsp3) is 0.569. The number of fused-ring (bicyclic) bond motifs is 3. The van der Waals surface area contributed by atoms with Gasteiger partial charge in [0.15, 0.2) is 0 Å². The highest BCUT2D eigenvalue weighted by molar-refractivity contribution is 7.24. The van der Waals surface area contributed by atoms with Crippen molar-refractivity contribution in [3.63, 3.8) is 0 Å². The molecule has 4 nitrogen and oxygen atoms in total. The molecule has 390 valence electrons. The van der Waals surface area contributed by atoms with Crippen molar-refractivity contribution >= 4 is 67.4 Å². The minimum Gasteiger partial charge on any atom is -0.381 e. The Bertz CT molecular complexity index is 2610. The van der Waals surface area contributed by atoms with E-state index in [4.69, 9.17) is 4.74 Å². The van der Waals surface area contributed by atoms with E-state index in [1.807, 2.05) is 18.3 Å². The van der Waals surface area contributed by atoms with E-state index in [0.717, 1.165) is 46.9 Å². The number of hydrogen-bond donors (Lipinski definition) is 0. The number of ether oxygens (including phenoxy) is 1. The number of amides is 2. The van der Waals surface area contributed by atoms with E-state index in [0.29, 0.717) is 30.7 Å². The van der Waals surface area contributed by atoms with Gasteiger partial charge in [0.05, 0.1) is 16.0 Å². The average molecular weight is 1030 g/mol. The number of unbranched alkanes of at least 4 members (excludes halogenated alkanes) is 23. The standard InChI is InChI=1S/C65H89NO3S3/c1-6-9-12-15-18-20-22-24-26-29-33-52-42-48(4)70-61(52)54-37-35-50-44-57-46-55(38-36-51(57)43-56(50)45-54)62-53(34-30-27-25-23-21-19-16-13-10-7-2)47-58(72-62)63-60-59(49(5)71-63)64(67)66(65(60)68)39-32-41-69-40-31-28-17-14-11-8-3/h35-38,42-47H,6-34,39-41H2,1-5H3. The smallest absolute Gasteiger partial charge is 0.263 e.